The third kappa shape index (κ3) is 5.56. The number of carbonyl (C=O) groups excluding carboxylic acids is 1. The van der Waals surface area contributed by atoms with Gasteiger partial charge in [0.1, 0.15) is 5.75 Å². The molecule has 26 heavy (non-hydrogen) atoms. The molecule has 0 fully saturated rings. The van der Waals surface area contributed by atoms with Crippen molar-refractivity contribution < 1.29 is 9.53 Å². The SMILES string of the molecule is Cc1ccc(C)c(NC(=S)NC(=O)COc2ccc(C(C)C)c(C)c2)c1. The Hall–Kier alpha value is -2.40. The number of rotatable bonds is 5. The van der Waals surface area contributed by atoms with E-state index in [-0.39, 0.29) is 17.6 Å². The molecule has 4 nitrogen and oxygen atoms in total. The van der Waals surface area contributed by atoms with E-state index < -0.39 is 0 Å². The maximum absolute atomic E-state index is 12.1. The minimum atomic E-state index is -0.293. The maximum atomic E-state index is 12.1. The Morgan fingerprint density at radius 2 is 1.81 bits per heavy atom. The van der Waals surface area contributed by atoms with Crippen LogP contribution in [-0.2, 0) is 4.79 Å². The molecule has 0 unspecified atom stereocenters. The summed E-state index contributed by atoms with van der Waals surface area (Å²) in [6.45, 7) is 10.3. The van der Waals surface area contributed by atoms with Gasteiger partial charge in [-0.05, 0) is 79.4 Å². The number of carbonyl (C=O) groups is 1. The molecule has 2 N–H and O–H groups in total. The second-order valence-electron chi connectivity index (χ2n) is 6.78. The van der Waals surface area contributed by atoms with Gasteiger partial charge in [-0.15, -0.1) is 0 Å². The summed E-state index contributed by atoms with van der Waals surface area (Å²) in [5.74, 6) is 0.842. The van der Waals surface area contributed by atoms with Crippen molar-refractivity contribution in [3.63, 3.8) is 0 Å². The Kier molecular flexibility index (Phi) is 6.75. The van der Waals surface area contributed by atoms with Crippen LogP contribution in [0.2, 0.25) is 0 Å². The molecule has 0 saturated heterocycles. The topological polar surface area (TPSA) is 50.4 Å². The van der Waals surface area contributed by atoms with E-state index in [1.807, 2.05) is 57.2 Å². The minimum absolute atomic E-state index is 0.0882. The molecule has 0 bridgehead atoms. The van der Waals surface area contributed by atoms with Gasteiger partial charge in [0.15, 0.2) is 11.7 Å². The summed E-state index contributed by atoms with van der Waals surface area (Å²) in [5.41, 5.74) is 5.50. The van der Waals surface area contributed by atoms with Crippen molar-refractivity contribution >= 4 is 28.9 Å². The Bertz CT molecular complexity index is 816. The maximum Gasteiger partial charge on any atom is 0.264 e. The van der Waals surface area contributed by atoms with Crippen LogP contribution in [0.15, 0.2) is 36.4 Å². The third-order valence-electron chi connectivity index (χ3n) is 4.13. The Balaban J connectivity index is 1.87. The second kappa shape index (κ2) is 8.81. The molecule has 138 valence electrons. The van der Waals surface area contributed by atoms with Gasteiger partial charge in [-0.2, -0.15) is 0 Å². The number of nitrogens with one attached hydrogen (secondary N) is 2. The van der Waals surface area contributed by atoms with Crippen LogP contribution < -0.4 is 15.4 Å². The number of hydrogen-bond acceptors (Lipinski definition) is 3. The fourth-order valence-electron chi connectivity index (χ4n) is 2.72. The van der Waals surface area contributed by atoms with E-state index in [0.29, 0.717) is 11.7 Å². The van der Waals surface area contributed by atoms with Crippen LogP contribution in [0.5, 0.6) is 5.75 Å². The van der Waals surface area contributed by atoms with E-state index in [1.165, 1.54) is 5.56 Å². The van der Waals surface area contributed by atoms with E-state index in [4.69, 9.17) is 17.0 Å². The molecule has 0 aliphatic rings. The van der Waals surface area contributed by atoms with E-state index in [0.717, 1.165) is 22.4 Å². The minimum Gasteiger partial charge on any atom is -0.484 e. The van der Waals surface area contributed by atoms with Crippen LogP contribution in [0.3, 0.4) is 0 Å². The molecule has 0 aromatic heterocycles. The summed E-state index contributed by atoms with van der Waals surface area (Å²) in [5, 5.41) is 5.96. The van der Waals surface area contributed by atoms with Gasteiger partial charge in [0.25, 0.3) is 5.91 Å². The molecular formula is C21H26N2O2S. The first-order valence-electron chi connectivity index (χ1n) is 8.67. The van der Waals surface area contributed by atoms with Gasteiger partial charge in [-0.3, -0.25) is 10.1 Å². The first kappa shape index (κ1) is 19.9. The normalized spacial score (nSPS) is 10.5. The number of thiocarbonyl (C=S) groups is 1. The van der Waals surface area contributed by atoms with Crippen LogP contribution in [0.4, 0.5) is 5.69 Å². The summed E-state index contributed by atoms with van der Waals surface area (Å²) in [7, 11) is 0. The third-order valence-corrected chi connectivity index (χ3v) is 4.33. The molecule has 0 aliphatic heterocycles. The Labute approximate surface area is 161 Å². The second-order valence-corrected chi connectivity index (χ2v) is 7.19. The van der Waals surface area contributed by atoms with Crippen LogP contribution in [-0.4, -0.2) is 17.6 Å². The molecule has 0 spiro atoms. The fourth-order valence-corrected chi connectivity index (χ4v) is 2.95. The number of ether oxygens (including phenoxy) is 1. The summed E-state index contributed by atoms with van der Waals surface area (Å²) >= 11 is 5.21. The highest BCUT2D eigenvalue weighted by Gasteiger charge is 2.09. The van der Waals surface area contributed by atoms with Crippen molar-refractivity contribution in [3.8, 4) is 5.75 Å². The first-order valence-corrected chi connectivity index (χ1v) is 9.08. The summed E-state index contributed by atoms with van der Waals surface area (Å²) in [4.78, 5) is 12.1. The number of anilines is 1. The van der Waals surface area contributed by atoms with Crippen molar-refractivity contribution in [2.24, 2.45) is 0 Å². The van der Waals surface area contributed by atoms with Crippen LogP contribution in [0.1, 0.15) is 42.0 Å². The van der Waals surface area contributed by atoms with Crippen LogP contribution in [0.25, 0.3) is 0 Å². The predicted molar refractivity (Wildman–Crippen MR) is 111 cm³/mol. The smallest absolute Gasteiger partial charge is 0.264 e. The molecule has 2 rings (SSSR count). The zero-order chi connectivity index (χ0) is 19.3. The standard InChI is InChI=1S/C21H26N2O2S/c1-13(2)18-9-8-17(11-16(18)5)25-12-20(24)23-21(26)22-19-10-14(3)6-7-15(19)4/h6-11,13H,12H2,1-5H3,(H2,22,23,24,26). The van der Waals surface area contributed by atoms with Gasteiger partial charge in [0, 0.05) is 5.69 Å². The van der Waals surface area contributed by atoms with E-state index in [9.17, 15) is 4.79 Å². The molecule has 5 heteroatoms. The fraction of sp³-hybridized carbons (Fsp3) is 0.333. The highest BCUT2D eigenvalue weighted by atomic mass is 32.1. The van der Waals surface area contributed by atoms with Gasteiger partial charge < -0.3 is 10.1 Å². The molecule has 0 atom stereocenters. The van der Waals surface area contributed by atoms with Crippen molar-refractivity contribution in [3.05, 3.63) is 58.7 Å². The molecule has 2 aromatic carbocycles. The average molecular weight is 371 g/mol. The van der Waals surface area contributed by atoms with Gasteiger partial charge in [-0.1, -0.05) is 32.0 Å². The molecule has 0 radical (unpaired) electrons. The summed E-state index contributed by atoms with van der Waals surface area (Å²) in [6, 6.07) is 11.9. The van der Waals surface area contributed by atoms with E-state index in [1.54, 1.807) is 0 Å². The number of amides is 1. The van der Waals surface area contributed by atoms with Crippen molar-refractivity contribution in [1.29, 1.82) is 0 Å². The lowest BCUT2D eigenvalue weighted by molar-refractivity contribution is -0.121. The zero-order valence-corrected chi connectivity index (χ0v) is 16.8. The Morgan fingerprint density at radius 1 is 1.08 bits per heavy atom. The molecule has 0 aliphatic carbocycles. The summed E-state index contributed by atoms with van der Waals surface area (Å²) in [6.07, 6.45) is 0. The van der Waals surface area contributed by atoms with E-state index in [2.05, 4.69) is 24.5 Å². The molecule has 0 saturated carbocycles. The van der Waals surface area contributed by atoms with Crippen LogP contribution in [0, 0.1) is 20.8 Å². The van der Waals surface area contributed by atoms with Crippen LogP contribution >= 0.6 is 12.2 Å². The molecular weight excluding hydrogens is 344 g/mol. The lowest BCUT2D eigenvalue weighted by Gasteiger charge is -2.14. The van der Waals surface area contributed by atoms with Crippen molar-refractivity contribution in [2.75, 3.05) is 11.9 Å². The largest absolute Gasteiger partial charge is 0.484 e. The van der Waals surface area contributed by atoms with Gasteiger partial charge >= 0.3 is 0 Å². The molecule has 0 heterocycles. The van der Waals surface area contributed by atoms with Gasteiger partial charge in [0.05, 0.1) is 0 Å². The lowest BCUT2D eigenvalue weighted by atomic mass is 9.98. The quantitative estimate of drug-likeness (QED) is 0.754. The first-order chi connectivity index (χ1) is 12.3. The van der Waals surface area contributed by atoms with Crippen molar-refractivity contribution in [2.45, 2.75) is 40.5 Å². The van der Waals surface area contributed by atoms with Gasteiger partial charge in [-0.25, -0.2) is 0 Å². The van der Waals surface area contributed by atoms with E-state index >= 15 is 0 Å². The van der Waals surface area contributed by atoms with Crippen molar-refractivity contribution in [1.82, 2.24) is 5.32 Å². The monoisotopic (exact) mass is 370 g/mol. The summed E-state index contributed by atoms with van der Waals surface area (Å²) < 4.78 is 5.58. The van der Waals surface area contributed by atoms with Gasteiger partial charge in [0.2, 0.25) is 0 Å². The highest BCUT2D eigenvalue weighted by molar-refractivity contribution is 7.80. The molecule has 2 aromatic rings. The highest BCUT2D eigenvalue weighted by Crippen LogP contribution is 2.23. The number of aryl methyl sites for hydroxylation is 3. The Morgan fingerprint density at radius 3 is 2.46 bits per heavy atom. The number of benzene rings is 2. The zero-order valence-electron chi connectivity index (χ0n) is 16.0. The predicted octanol–water partition coefficient (Wildman–Crippen LogP) is 4.63. The lowest BCUT2D eigenvalue weighted by Crippen LogP contribution is -2.37. The average Bonchev–Trinajstić information content (AvgIpc) is 2.56. The number of hydrogen-bond donors (Lipinski definition) is 2. The molecule has 1 amide bonds.